The number of hydrogen-bond donors (Lipinski definition) is 2. The molecule has 4 rings (SSSR count). The van der Waals surface area contributed by atoms with Gasteiger partial charge in [-0.3, -0.25) is 0 Å². The average Bonchev–Trinajstić information content (AvgIpc) is 3.22. The number of nitrogens with zero attached hydrogens (tertiary/aromatic N) is 2. The Balaban J connectivity index is 1.62. The third-order valence-corrected chi connectivity index (χ3v) is 6.33. The summed E-state index contributed by atoms with van der Waals surface area (Å²) in [4.78, 5) is 14.4. The van der Waals surface area contributed by atoms with Crippen molar-refractivity contribution in [3.05, 3.63) is 59.7 Å². The molecule has 5 nitrogen and oxygen atoms in total. The van der Waals surface area contributed by atoms with Crippen LogP contribution in [0.3, 0.4) is 0 Å². The van der Waals surface area contributed by atoms with E-state index < -0.39 is 12.1 Å². The number of amides is 2. The summed E-state index contributed by atoms with van der Waals surface area (Å²) in [7, 11) is 0. The highest BCUT2D eigenvalue weighted by Crippen LogP contribution is 2.44. The number of carbonyl (C=O) groups is 1. The van der Waals surface area contributed by atoms with E-state index in [0.717, 1.165) is 42.4 Å². The first kappa shape index (κ1) is 19.5. The SMILES string of the molecule is Cc1ccc(-c2ccccc2[C@H]2[C@@H](CO)N(C(=O)NC3CCCC3)[C@H]2C#N)cc1. The van der Waals surface area contributed by atoms with E-state index in [1.807, 2.05) is 24.3 Å². The highest BCUT2D eigenvalue weighted by Gasteiger charge is 2.52. The predicted octanol–water partition coefficient (Wildman–Crippen LogP) is 3.97. The summed E-state index contributed by atoms with van der Waals surface area (Å²) >= 11 is 0. The molecule has 5 heteroatoms. The average molecular weight is 389 g/mol. The van der Waals surface area contributed by atoms with Gasteiger partial charge in [-0.2, -0.15) is 5.26 Å². The molecule has 2 aromatic rings. The van der Waals surface area contributed by atoms with Crippen LogP contribution in [0.5, 0.6) is 0 Å². The Morgan fingerprint density at radius 3 is 2.52 bits per heavy atom. The summed E-state index contributed by atoms with van der Waals surface area (Å²) in [6.45, 7) is 1.89. The number of likely N-dealkylation sites (tertiary alicyclic amines) is 1. The van der Waals surface area contributed by atoms with E-state index in [2.05, 4.69) is 42.6 Å². The molecule has 3 atom stereocenters. The minimum atomic E-state index is -0.583. The van der Waals surface area contributed by atoms with Crippen molar-refractivity contribution in [3.63, 3.8) is 0 Å². The molecule has 0 spiro atoms. The van der Waals surface area contributed by atoms with Crippen LogP contribution < -0.4 is 5.32 Å². The maximum Gasteiger partial charge on any atom is 0.319 e. The minimum absolute atomic E-state index is 0.164. The number of nitrogens with one attached hydrogen (secondary N) is 1. The zero-order valence-corrected chi connectivity index (χ0v) is 16.7. The van der Waals surface area contributed by atoms with Crippen molar-refractivity contribution in [1.29, 1.82) is 5.26 Å². The molecule has 150 valence electrons. The normalized spacial score (nSPS) is 24.0. The maximum atomic E-state index is 12.8. The largest absolute Gasteiger partial charge is 0.394 e. The van der Waals surface area contributed by atoms with E-state index in [9.17, 15) is 15.2 Å². The Hall–Kier alpha value is -2.84. The maximum absolute atomic E-state index is 12.8. The molecule has 1 aliphatic heterocycles. The summed E-state index contributed by atoms with van der Waals surface area (Å²) in [6, 6.07) is 17.6. The molecule has 29 heavy (non-hydrogen) atoms. The van der Waals surface area contributed by atoms with E-state index >= 15 is 0 Å². The highest BCUT2D eigenvalue weighted by atomic mass is 16.3. The van der Waals surface area contributed by atoms with Gasteiger partial charge in [-0.05, 0) is 36.5 Å². The third kappa shape index (κ3) is 3.61. The fourth-order valence-electron chi connectivity index (χ4n) is 4.76. The van der Waals surface area contributed by atoms with Crippen molar-refractivity contribution in [3.8, 4) is 17.2 Å². The van der Waals surface area contributed by atoms with Crippen LogP contribution in [0.4, 0.5) is 4.79 Å². The van der Waals surface area contributed by atoms with Crippen molar-refractivity contribution in [2.75, 3.05) is 6.61 Å². The first-order valence-corrected chi connectivity index (χ1v) is 10.4. The highest BCUT2D eigenvalue weighted by molar-refractivity contribution is 5.79. The lowest BCUT2D eigenvalue weighted by molar-refractivity contribution is 0.0160. The first-order valence-electron chi connectivity index (χ1n) is 10.4. The Morgan fingerprint density at radius 2 is 1.86 bits per heavy atom. The zero-order chi connectivity index (χ0) is 20.4. The van der Waals surface area contributed by atoms with Crippen LogP contribution in [-0.2, 0) is 0 Å². The number of hydrogen-bond acceptors (Lipinski definition) is 3. The fraction of sp³-hybridized carbons (Fsp3) is 0.417. The van der Waals surface area contributed by atoms with Crippen LogP contribution in [-0.4, -0.2) is 40.8 Å². The molecule has 0 radical (unpaired) electrons. The number of urea groups is 1. The van der Waals surface area contributed by atoms with E-state index in [1.54, 1.807) is 0 Å². The molecule has 2 fully saturated rings. The number of carbonyl (C=O) groups excluding carboxylic acids is 1. The fourth-order valence-corrected chi connectivity index (χ4v) is 4.76. The van der Waals surface area contributed by atoms with Crippen molar-refractivity contribution >= 4 is 6.03 Å². The Morgan fingerprint density at radius 1 is 1.17 bits per heavy atom. The topological polar surface area (TPSA) is 76.4 Å². The molecular weight excluding hydrogens is 362 g/mol. The number of benzene rings is 2. The van der Waals surface area contributed by atoms with Crippen LogP contribution in [0.25, 0.3) is 11.1 Å². The van der Waals surface area contributed by atoms with Crippen molar-refractivity contribution in [2.45, 2.75) is 56.7 Å². The molecule has 2 aromatic carbocycles. The summed E-state index contributed by atoms with van der Waals surface area (Å²) in [6.07, 6.45) is 4.23. The Bertz CT molecular complexity index is 912. The smallest absolute Gasteiger partial charge is 0.319 e. The molecule has 2 amide bonds. The van der Waals surface area contributed by atoms with Crippen molar-refractivity contribution < 1.29 is 9.90 Å². The molecule has 0 unspecified atom stereocenters. The van der Waals surface area contributed by atoms with Gasteiger partial charge < -0.3 is 15.3 Å². The summed E-state index contributed by atoms with van der Waals surface area (Å²) in [5.41, 5.74) is 4.32. The van der Waals surface area contributed by atoms with E-state index in [4.69, 9.17) is 0 Å². The number of aliphatic hydroxyl groups is 1. The Kier molecular flexibility index (Phi) is 5.55. The number of aliphatic hydroxyl groups excluding tert-OH is 1. The van der Waals surface area contributed by atoms with E-state index in [0.29, 0.717) is 0 Å². The third-order valence-electron chi connectivity index (χ3n) is 6.33. The summed E-state index contributed by atoms with van der Waals surface area (Å²) in [5, 5.41) is 23.0. The van der Waals surface area contributed by atoms with Gasteiger partial charge in [0, 0.05) is 12.0 Å². The van der Waals surface area contributed by atoms with E-state index in [-0.39, 0.29) is 24.6 Å². The lowest BCUT2D eigenvalue weighted by atomic mass is 9.73. The zero-order valence-electron chi connectivity index (χ0n) is 16.7. The van der Waals surface area contributed by atoms with Gasteiger partial charge in [0.25, 0.3) is 0 Å². The first-order chi connectivity index (χ1) is 14.1. The van der Waals surface area contributed by atoms with Gasteiger partial charge in [-0.1, -0.05) is 66.9 Å². The second-order valence-corrected chi connectivity index (χ2v) is 8.14. The summed E-state index contributed by atoms with van der Waals surface area (Å²) < 4.78 is 0. The lowest BCUT2D eigenvalue weighted by Crippen LogP contribution is -2.67. The van der Waals surface area contributed by atoms with Crippen molar-refractivity contribution in [1.82, 2.24) is 10.2 Å². The second-order valence-electron chi connectivity index (χ2n) is 8.14. The van der Waals surface area contributed by atoms with E-state index in [1.165, 1.54) is 10.5 Å². The molecule has 1 saturated carbocycles. The standard InChI is InChI=1S/C24H27N3O2/c1-16-10-12-17(13-11-16)19-8-4-5-9-20(19)23-21(14-25)27(22(23)15-28)24(29)26-18-6-2-3-7-18/h4-5,8-13,18,21-23,28H,2-3,6-7,15H2,1H3,(H,26,29)/t21-,22+,23+/m0/s1. The van der Waals surface area contributed by atoms with Gasteiger partial charge in [-0.25, -0.2) is 4.79 Å². The predicted molar refractivity (Wildman–Crippen MR) is 112 cm³/mol. The van der Waals surface area contributed by atoms with Crippen LogP contribution in [0.2, 0.25) is 0 Å². The molecule has 2 aliphatic rings. The van der Waals surface area contributed by atoms with Crippen LogP contribution in [0.1, 0.15) is 42.7 Å². The number of nitriles is 1. The van der Waals surface area contributed by atoms with Gasteiger partial charge in [0.05, 0.1) is 18.7 Å². The number of aryl methyl sites for hydroxylation is 1. The molecule has 0 bridgehead atoms. The quantitative estimate of drug-likeness (QED) is 0.831. The molecule has 1 heterocycles. The molecule has 2 N–H and O–H groups in total. The molecule has 0 aromatic heterocycles. The van der Waals surface area contributed by atoms with Crippen LogP contribution >= 0.6 is 0 Å². The van der Waals surface area contributed by atoms with Gasteiger partial charge in [0.1, 0.15) is 6.04 Å². The van der Waals surface area contributed by atoms with Gasteiger partial charge in [-0.15, -0.1) is 0 Å². The molecule has 1 aliphatic carbocycles. The Labute approximate surface area is 172 Å². The van der Waals surface area contributed by atoms with Crippen LogP contribution in [0.15, 0.2) is 48.5 Å². The molecule has 1 saturated heterocycles. The molecular formula is C24H27N3O2. The van der Waals surface area contributed by atoms with Gasteiger partial charge in [0.2, 0.25) is 0 Å². The monoisotopic (exact) mass is 389 g/mol. The second kappa shape index (κ2) is 8.26. The van der Waals surface area contributed by atoms with Gasteiger partial charge >= 0.3 is 6.03 Å². The minimum Gasteiger partial charge on any atom is -0.394 e. The number of rotatable bonds is 4. The summed E-state index contributed by atoms with van der Waals surface area (Å²) in [5.74, 6) is -0.211. The van der Waals surface area contributed by atoms with Crippen molar-refractivity contribution in [2.24, 2.45) is 0 Å². The van der Waals surface area contributed by atoms with Crippen LogP contribution in [0, 0.1) is 18.3 Å². The lowest BCUT2D eigenvalue weighted by Gasteiger charge is -2.52. The van der Waals surface area contributed by atoms with Gasteiger partial charge in [0.15, 0.2) is 0 Å².